The van der Waals surface area contributed by atoms with Crippen LogP contribution in [0.25, 0.3) is 0 Å². The first kappa shape index (κ1) is 19.3. The molecule has 2 aromatic rings. The molecule has 1 N–H and O–H groups in total. The maximum absolute atomic E-state index is 6.05. The molecule has 134 valence electrons. The number of hydrogen-bond donors (Lipinski definition) is 1. The molecule has 0 aliphatic heterocycles. The highest BCUT2D eigenvalue weighted by Gasteiger charge is 2.08. The van der Waals surface area contributed by atoms with Gasteiger partial charge in [0.1, 0.15) is 18.1 Å². The number of hydrogen-bond acceptors (Lipinski definition) is 3. The predicted molar refractivity (Wildman–Crippen MR) is 109 cm³/mol. The summed E-state index contributed by atoms with van der Waals surface area (Å²) in [6.07, 6.45) is 1.83. The largest absolute Gasteiger partial charge is 0.494 e. The van der Waals surface area contributed by atoms with E-state index in [-0.39, 0.29) is 0 Å². The minimum Gasteiger partial charge on any atom is -0.494 e. The molecule has 0 radical (unpaired) electrons. The van der Waals surface area contributed by atoms with Crippen LogP contribution in [-0.4, -0.2) is 11.6 Å². The fourth-order valence-electron chi connectivity index (χ4n) is 2.54. The van der Waals surface area contributed by atoms with E-state index in [0.29, 0.717) is 13.2 Å². The highest BCUT2D eigenvalue weighted by molar-refractivity contribution is 7.80. The summed E-state index contributed by atoms with van der Waals surface area (Å²) in [5.41, 5.74) is 4.48. The van der Waals surface area contributed by atoms with Crippen molar-refractivity contribution in [1.29, 1.82) is 0 Å². The first-order valence-electron chi connectivity index (χ1n) is 8.85. The van der Waals surface area contributed by atoms with Crippen molar-refractivity contribution in [1.82, 2.24) is 0 Å². The minimum absolute atomic E-state index is 0.480. The average Bonchev–Trinajstić information content (AvgIpc) is 2.62. The molecule has 0 bridgehead atoms. The summed E-state index contributed by atoms with van der Waals surface area (Å²) >= 11 is 5.34. The van der Waals surface area contributed by atoms with Crippen molar-refractivity contribution in [3.05, 3.63) is 53.1 Å². The van der Waals surface area contributed by atoms with E-state index in [1.807, 2.05) is 38.1 Å². The Morgan fingerprint density at radius 2 is 1.84 bits per heavy atom. The molecule has 0 saturated heterocycles. The first-order valence-corrected chi connectivity index (χ1v) is 9.26. The third-order valence-electron chi connectivity index (χ3n) is 4.02. The van der Waals surface area contributed by atoms with E-state index in [1.165, 1.54) is 5.56 Å². The summed E-state index contributed by atoms with van der Waals surface area (Å²) in [6, 6.07) is 12.3. The number of ether oxygens (including phenoxy) is 2. The maximum atomic E-state index is 6.05. The molecular formula is C21H27NO2S. The predicted octanol–water partition coefficient (Wildman–Crippen LogP) is 5.68. The van der Waals surface area contributed by atoms with Gasteiger partial charge < -0.3 is 14.8 Å². The van der Waals surface area contributed by atoms with Crippen LogP contribution in [0.3, 0.4) is 0 Å². The van der Waals surface area contributed by atoms with Gasteiger partial charge in [0, 0.05) is 17.3 Å². The number of rotatable bonds is 8. The second-order valence-corrected chi connectivity index (χ2v) is 6.39. The van der Waals surface area contributed by atoms with Gasteiger partial charge in [-0.25, -0.2) is 0 Å². The molecule has 0 aliphatic carbocycles. The van der Waals surface area contributed by atoms with E-state index in [1.54, 1.807) is 0 Å². The van der Waals surface area contributed by atoms with Crippen molar-refractivity contribution in [2.45, 2.75) is 47.1 Å². The fraction of sp³-hybridized carbons (Fsp3) is 0.381. The molecule has 0 fully saturated rings. The monoisotopic (exact) mass is 357 g/mol. The van der Waals surface area contributed by atoms with Crippen molar-refractivity contribution >= 4 is 22.9 Å². The summed E-state index contributed by atoms with van der Waals surface area (Å²) in [7, 11) is 0. The molecule has 4 heteroatoms. The van der Waals surface area contributed by atoms with Gasteiger partial charge in [-0.15, -0.1) is 0 Å². The molecule has 2 aromatic carbocycles. The van der Waals surface area contributed by atoms with Crippen LogP contribution in [0.15, 0.2) is 36.4 Å². The molecule has 0 amide bonds. The summed E-state index contributed by atoms with van der Waals surface area (Å²) in [5, 5.41) is 3.30. The van der Waals surface area contributed by atoms with Gasteiger partial charge in [0.25, 0.3) is 0 Å². The lowest BCUT2D eigenvalue weighted by molar-refractivity contribution is 0.304. The van der Waals surface area contributed by atoms with Crippen LogP contribution in [0, 0.1) is 6.92 Å². The van der Waals surface area contributed by atoms with Crippen molar-refractivity contribution in [2.24, 2.45) is 0 Å². The third kappa shape index (κ3) is 5.46. The quantitative estimate of drug-likeness (QED) is 0.615. The Balaban J connectivity index is 2.18. The van der Waals surface area contributed by atoms with Gasteiger partial charge in [-0.2, -0.15) is 0 Å². The zero-order chi connectivity index (χ0) is 18.2. The van der Waals surface area contributed by atoms with Crippen LogP contribution in [-0.2, 0) is 13.0 Å². The number of benzene rings is 2. The number of anilines is 1. The van der Waals surface area contributed by atoms with E-state index in [0.717, 1.165) is 46.1 Å². The van der Waals surface area contributed by atoms with Gasteiger partial charge in [-0.1, -0.05) is 38.2 Å². The lowest BCUT2D eigenvalue weighted by Gasteiger charge is -2.16. The zero-order valence-electron chi connectivity index (χ0n) is 15.5. The Kier molecular flexibility index (Phi) is 7.26. The average molecular weight is 358 g/mol. The van der Waals surface area contributed by atoms with E-state index in [2.05, 4.69) is 31.3 Å². The summed E-state index contributed by atoms with van der Waals surface area (Å²) in [6.45, 7) is 9.37. The standard InChI is InChI=1S/C21H27NO2S/c1-5-16-8-11-20(15(4)12-16)24-14-17-9-10-18(23-7-3)13-19(17)22-21(25)6-2/h8-13H,5-7,14H2,1-4H3,(H,22,25). The lowest BCUT2D eigenvalue weighted by Crippen LogP contribution is -2.11. The van der Waals surface area contributed by atoms with Gasteiger partial charge in [0.15, 0.2) is 0 Å². The SMILES string of the molecule is CCOc1ccc(COc2ccc(CC)cc2C)c(NC(=S)CC)c1. The van der Waals surface area contributed by atoms with Crippen LogP contribution in [0.1, 0.15) is 43.9 Å². The summed E-state index contributed by atoms with van der Waals surface area (Å²) < 4.78 is 11.7. The van der Waals surface area contributed by atoms with E-state index in [4.69, 9.17) is 21.7 Å². The van der Waals surface area contributed by atoms with Crippen LogP contribution < -0.4 is 14.8 Å². The zero-order valence-corrected chi connectivity index (χ0v) is 16.3. The Labute approximate surface area is 156 Å². The van der Waals surface area contributed by atoms with Gasteiger partial charge in [-0.05, 0) is 56.0 Å². The van der Waals surface area contributed by atoms with E-state index >= 15 is 0 Å². The maximum Gasteiger partial charge on any atom is 0.122 e. The molecule has 3 nitrogen and oxygen atoms in total. The van der Waals surface area contributed by atoms with Crippen molar-refractivity contribution in [3.8, 4) is 11.5 Å². The molecule has 0 spiro atoms. The Bertz CT molecular complexity index is 728. The van der Waals surface area contributed by atoms with Crippen molar-refractivity contribution in [2.75, 3.05) is 11.9 Å². The lowest BCUT2D eigenvalue weighted by atomic mass is 10.1. The second-order valence-electron chi connectivity index (χ2n) is 5.90. The van der Waals surface area contributed by atoms with Crippen LogP contribution in [0.2, 0.25) is 0 Å². The Morgan fingerprint density at radius 3 is 2.48 bits per heavy atom. The minimum atomic E-state index is 0.480. The Morgan fingerprint density at radius 1 is 1.04 bits per heavy atom. The van der Waals surface area contributed by atoms with Crippen LogP contribution in [0.4, 0.5) is 5.69 Å². The van der Waals surface area contributed by atoms with Gasteiger partial charge in [0.05, 0.1) is 11.6 Å². The van der Waals surface area contributed by atoms with Gasteiger partial charge >= 0.3 is 0 Å². The molecule has 0 unspecified atom stereocenters. The molecule has 0 aromatic heterocycles. The summed E-state index contributed by atoms with van der Waals surface area (Å²) in [4.78, 5) is 0.804. The number of nitrogens with one attached hydrogen (secondary N) is 1. The molecule has 0 saturated carbocycles. The molecule has 2 rings (SSSR count). The second kappa shape index (κ2) is 9.42. The van der Waals surface area contributed by atoms with Crippen molar-refractivity contribution < 1.29 is 9.47 Å². The topological polar surface area (TPSA) is 30.5 Å². The van der Waals surface area contributed by atoms with Crippen LogP contribution >= 0.6 is 12.2 Å². The van der Waals surface area contributed by atoms with Gasteiger partial charge in [-0.3, -0.25) is 0 Å². The Hall–Kier alpha value is -2.07. The number of thiocarbonyl (C=S) groups is 1. The van der Waals surface area contributed by atoms with E-state index < -0.39 is 0 Å². The fourth-order valence-corrected chi connectivity index (χ4v) is 2.65. The molecular weight excluding hydrogens is 330 g/mol. The smallest absolute Gasteiger partial charge is 0.122 e. The normalized spacial score (nSPS) is 10.4. The first-order chi connectivity index (χ1) is 12.1. The molecule has 0 aliphatic rings. The highest BCUT2D eigenvalue weighted by Crippen LogP contribution is 2.26. The number of aryl methyl sites for hydroxylation is 2. The molecule has 25 heavy (non-hydrogen) atoms. The van der Waals surface area contributed by atoms with Crippen molar-refractivity contribution in [3.63, 3.8) is 0 Å². The highest BCUT2D eigenvalue weighted by atomic mass is 32.1. The summed E-state index contributed by atoms with van der Waals surface area (Å²) in [5.74, 6) is 1.74. The van der Waals surface area contributed by atoms with E-state index in [9.17, 15) is 0 Å². The third-order valence-corrected chi connectivity index (χ3v) is 4.41. The molecule has 0 heterocycles. The van der Waals surface area contributed by atoms with Gasteiger partial charge in [0.2, 0.25) is 0 Å². The molecule has 0 atom stereocenters. The van der Waals surface area contributed by atoms with Crippen LogP contribution in [0.5, 0.6) is 11.5 Å².